The molecular weight excluding hydrogens is 146 g/mol. The van der Waals surface area contributed by atoms with Gasteiger partial charge in [-0.2, -0.15) is 0 Å². The van der Waals surface area contributed by atoms with Crippen molar-refractivity contribution in [3.8, 4) is 0 Å². The summed E-state index contributed by atoms with van der Waals surface area (Å²) in [5, 5.41) is 0. The molecule has 0 bridgehead atoms. The molecule has 0 aromatic rings. The summed E-state index contributed by atoms with van der Waals surface area (Å²) >= 11 is 0. The maximum absolute atomic E-state index is 5.79. The number of rotatable bonds is 0. The van der Waals surface area contributed by atoms with E-state index in [0.29, 0.717) is 5.41 Å². The van der Waals surface area contributed by atoms with E-state index in [4.69, 9.17) is 5.73 Å². The first-order valence-corrected chi connectivity index (χ1v) is 4.87. The summed E-state index contributed by atoms with van der Waals surface area (Å²) in [4.78, 5) is 0. The average Bonchev–Trinajstić information content (AvgIpc) is 2.06. The molecule has 1 heteroatoms. The molecule has 0 saturated heterocycles. The highest BCUT2D eigenvalue weighted by Gasteiger charge is 2.32. The van der Waals surface area contributed by atoms with E-state index in [0.717, 1.165) is 12.1 Å². The van der Waals surface area contributed by atoms with Crippen molar-refractivity contribution in [3.63, 3.8) is 0 Å². The Morgan fingerprint density at radius 3 is 3.08 bits per heavy atom. The quantitative estimate of drug-likeness (QED) is 0.584. The summed E-state index contributed by atoms with van der Waals surface area (Å²) in [5.41, 5.74) is 8.81. The Kier molecular flexibility index (Phi) is 1.75. The van der Waals surface area contributed by atoms with Crippen LogP contribution in [0.4, 0.5) is 0 Å². The lowest BCUT2D eigenvalue weighted by Gasteiger charge is -2.38. The van der Waals surface area contributed by atoms with E-state index in [9.17, 15) is 0 Å². The molecule has 1 saturated carbocycles. The normalized spacial score (nSPS) is 35.1. The fraction of sp³-hybridized carbons (Fsp3) is 0.636. The summed E-state index contributed by atoms with van der Waals surface area (Å²) < 4.78 is 0. The maximum atomic E-state index is 5.79. The Morgan fingerprint density at radius 1 is 1.42 bits per heavy atom. The molecule has 2 N–H and O–H groups in total. The van der Waals surface area contributed by atoms with Crippen LogP contribution in [0.25, 0.3) is 0 Å². The Labute approximate surface area is 74.3 Å². The highest BCUT2D eigenvalue weighted by atomic mass is 14.6. The van der Waals surface area contributed by atoms with Crippen molar-refractivity contribution in [2.75, 3.05) is 0 Å². The summed E-state index contributed by atoms with van der Waals surface area (Å²) in [7, 11) is 0. The molecule has 0 aromatic carbocycles. The van der Waals surface area contributed by atoms with Gasteiger partial charge >= 0.3 is 0 Å². The van der Waals surface area contributed by atoms with Gasteiger partial charge in [-0.15, -0.1) is 0 Å². The topological polar surface area (TPSA) is 26.0 Å². The zero-order valence-electron chi connectivity index (χ0n) is 7.77. The zero-order valence-corrected chi connectivity index (χ0v) is 7.77. The van der Waals surface area contributed by atoms with Crippen LogP contribution in [0.5, 0.6) is 0 Å². The SMILES string of the molecule is CC12CC=C(N)C=C1CCCC2. The third kappa shape index (κ3) is 1.17. The first-order valence-electron chi connectivity index (χ1n) is 4.87. The monoisotopic (exact) mass is 163 g/mol. The van der Waals surface area contributed by atoms with Crippen LogP contribution in [0.1, 0.15) is 39.0 Å². The molecule has 12 heavy (non-hydrogen) atoms. The standard InChI is InChI=1S/C11H17N/c1-11-6-3-2-4-9(11)8-10(12)5-7-11/h5,8H,2-4,6-7,12H2,1H3. The number of nitrogens with two attached hydrogens (primary N) is 1. The molecule has 0 aromatic heterocycles. The van der Waals surface area contributed by atoms with Gasteiger partial charge < -0.3 is 5.73 Å². The third-order valence-corrected chi connectivity index (χ3v) is 3.33. The molecule has 0 aliphatic heterocycles. The van der Waals surface area contributed by atoms with Gasteiger partial charge in [-0.3, -0.25) is 0 Å². The molecule has 0 radical (unpaired) electrons. The fourth-order valence-corrected chi connectivity index (χ4v) is 2.38. The molecule has 2 aliphatic carbocycles. The second kappa shape index (κ2) is 2.65. The summed E-state index contributed by atoms with van der Waals surface area (Å²) in [6, 6.07) is 0. The molecule has 1 fully saturated rings. The van der Waals surface area contributed by atoms with Crippen LogP contribution in [-0.4, -0.2) is 0 Å². The minimum atomic E-state index is 0.459. The van der Waals surface area contributed by atoms with Gasteiger partial charge in [-0.05, 0) is 37.2 Å². The van der Waals surface area contributed by atoms with E-state index in [2.05, 4.69) is 19.1 Å². The van der Waals surface area contributed by atoms with Crippen LogP contribution >= 0.6 is 0 Å². The van der Waals surface area contributed by atoms with Crippen molar-refractivity contribution >= 4 is 0 Å². The summed E-state index contributed by atoms with van der Waals surface area (Å²) in [5.74, 6) is 0. The fourth-order valence-electron chi connectivity index (χ4n) is 2.38. The Morgan fingerprint density at radius 2 is 2.25 bits per heavy atom. The van der Waals surface area contributed by atoms with E-state index in [1.165, 1.54) is 25.7 Å². The second-order valence-corrected chi connectivity index (χ2v) is 4.35. The van der Waals surface area contributed by atoms with Crippen molar-refractivity contribution < 1.29 is 0 Å². The van der Waals surface area contributed by atoms with Crippen LogP contribution in [0, 0.1) is 5.41 Å². The first kappa shape index (κ1) is 7.90. The van der Waals surface area contributed by atoms with Gasteiger partial charge in [-0.25, -0.2) is 0 Å². The van der Waals surface area contributed by atoms with Crippen molar-refractivity contribution in [3.05, 3.63) is 23.4 Å². The van der Waals surface area contributed by atoms with Crippen LogP contribution in [0.2, 0.25) is 0 Å². The minimum Gasteiger partial charge on any atom is -0.399 e. The van der Waals surface area contributed by atoms with Crippen molar-refractivity contribution in [2.24, 2.45) is 11.1 Å². The van der Waals surface area contributed by atoms with E-state index in [1.807, 2.05) is 0 Å². The smallest absolute Gasteiger partial charge is 0.0273 e. The lowest BCUT2D eigenvalue weighted by Crippen LogP contribution is -2.25. The highest BCUT2D eigenvalue weighted by molar-refractivity contribution is 5.31. The van der Waals surface area contributed by atoms with Crippen LogP contribution in [0.15, 0.2) is 23.4 Å². The molecule has 2 rings (SSSR count). The zero-order chi connectivity index (χ0) is 8.60. The predicted octanol–water partition coefficient (Wildman–Crippen LogP) is 2.74. The van der Waals surface area contributed by atoms with Crippen LogP contribution < -0.4 is 5.73 Å². The maximum Gasteiger partial charge on any atom is 0.0273 e. The van der Waals surface area contributed by atoms with Gasteiger partial charge in [0.2, 0.25) is 0 Å². The largest absolute Gasteiger partial charge is 0.399 e. The molecule has 1 atom stereocenters. The molecule has 1 unspecified atom stereocenters. The second-order valence-electron chi connectivity index (χ2n) is 4.35. The Bertz CT molecular complexity index is 250. The van der Waals surface area contributed by atoms with Crippen molar-refractivity contribution in [1.29, 1.82) is 0 Å². The Hall–Kier alpha value is -0.720. The molecule has 0 heterocycles. The predicted molar refractivity (Wildman–Crippen MR) is 51.5 cm³/mol. The Balaban J connectivity index is 2.28. The number of hydrogen-bond donors (Lipinski definition) is 1. The van der Waals surface area contributed by atoms with Crippen LogP contribution in [-0.2, 0) is 0 Å². The number of allylic oxidation sites excluding steroid dienone is 3. The molecule has 2 aliphatic rings. The highest BCUT2D eigenvalue weighted by Crippen LogP contribution is 2.45. The van der Waals surface area contributed by atoms with Gasteiger partial charge in [0.1, 0.15) is 0 Å². The molecule has 0 amide bonds. The summed E-state index contributed by atoms with van der Waals surface area (Å²) in [6.07, 6.45) is 10.9. The average molecular weight is 163 g/mol. The van der Waals surface area contributed by atoms with Gasteiger partial charge in [0.05, 0.1) is 0 Å². The lowest BCUT2D eigenvalue weighted by molar-refractivity contribution is 0.302. The molecule has 66 valence electrons. The first-order chi connectivity index (χ1) is 5.71. The molecular formula is C11H17N. The third-order valence-electron chi connectivity index (χ3n) is 3.33. The van der Waals surface area contributed by atoms with E-state index in [1.54, 1.807) is 5.57 Å². The lowest BCUT2D eigenvalue weighted by atomic mass is 9.67. The van der Waals surface area contributed by atoms with Gasteiger partial charge in [0.25, 0.3) is 0 Å². The van der Waals surface area contributed by atoms with E-state index in [-0.39, 0.29) is 0 Å². The summed E-state index contributed by atoms with van der Waals surface area (Å²) in [6.45, 7) is 2.38. The number of hydrogen-bond acceptors (Lipinski definition) is 1. The van der Waals surface area contributed by atoms with Crippen molar-refractivity contribution in [1.82, 2.24) is 0 Å². The molecule has 1 nitrogen and oxygen atoms in total. The van der Waals surface area contributed by atoms with E-state index >= 15 is 0 Å². The van der Waals surface area contributed by atoms with Crippen molar-refractivity contribution in [2.45, 2.75) is 39.0 Å². The van der Waals surface area contributed by atoms with E-state index < -0.39 is 0 Å². The van der Waals surface area contributed by atoms with Crippen LogP contribution in [0.3, 0.4) is 0 Å². The number of fused-ring (bicyclic) bond motifs is 1. The van der Waals surface area contributed by atoms with Gasteiger partial charge in [-0.1, -0.05) is 25.0 Å². The molecule has 0 spiro atoms. The van der Waals surface area contributed by atoms with Gasteiger partial charge in [0.15, 0.2) is 0 Å². The minimum absolute atomic E-state index is 0.459. The van der Waals surface area contributed by atoms with Gasteiger partial charge in [0, 0.05) is 5.70 Å².